The minimum atomic E-state index is -0.388. The molecule has 0 saturated carbocycles. The van der Waals surface area contributed by atoms with E-state index in [9.17, 15) is 9.50 Å². The molecule has 1 atom stereocenters. The molecule has 26 heavy (non-hydrogen) atoms. The summed E-state index contributed by atoms with van der Waals surface area (Å²) in [5.74, 6) is 1.12. The van der Waals surface area contributed by atoms with E-state index in [1.54, 1.807) is 26.4 Å². The molecule has 0 heterocycles. The van der Waals surface area contributed by atoms with E-state index < -0.39 is 0 Å². The predicted octanol–water partition coefficient (Wildman–Crippen LogP) is 4.01. The van der Waals surface area contributed by atoms with Crippen molar-refractivity contribution in [3.63, 3.8) is 0 Å². The Morgan fingerprint density at radius 3 is 2.19 bits per heavy atom. The van der Waals surface area contributed by atoms with Crippen LogP contribution in [0.5, 0.6) is 11.5 Å². The summed E-state index contributed by atoms with van der Waals surface area (Å²) in [6, 6.07) is 12.3. The molecule has 0 spiro atoms. The zero-order valence-corrected chi connectivity index (χ0v) is 15.7. The quantitative estimate of drug-likeness (QED) is 0.694. The highest BCUT2D eigenvalue weighted by Crippen LogP contribution is 2.28. The molecule has 0 aliphatic rings. The summed E-state index contributed by atoms with van der Waals surface area (Å²) in [6.07, 6.45) is 1.30. The Labute approximate surface area is 155 Å². The average Bonchev–Trinajstić information content (AvgIpc) is 2.63. The van der Waals surface area contributed by atoms with Crippen LogP contribution < -0.4 is 9.47 Å². The maximum atomic E-state index is 13.2. The number of benzene rings is 2. The van der Waals surface area contributed by atoms with Crippen molar-refractivity contribution >= 4 is 0 Å². The lowest BCUT2D eigenvalue weighted by molar-refractivity contribution is 0.0970. The number of aliphatic hydroxyl groups is 1. The lowest BCUT2D eigenvalue weighted by atomic mass is 10.1. The third-order valence-corrected chi connectivity index (χ3v) is 4.26. The first-order chi connectivity index (χ1) is 12.5. The van der Waals surface area contributed by atoms with Crippen LogP contribution in [0.15, 0.2) is 42.5 Å². The van der Waals surface area contributed by atoms with E-state index in [-0.39, 0.29) is 11.9 Å². The van der Waals surface area contributed by atoms with Crippen molar-refractivity contribution in [3.8, 4) is 11.5 Å². The first-order valence-corrected chi connectivity index (χ1v) is 8.91. The molecule has 0 amide bonds. The molecule has 142 valence electrons. The maximum absolute atomic E-state index is 13.2. The van der Waals surface area contributed by atoms with Gasteiger partial charge in [-0.25, -0.2) is 4.39 Å². The van der Waals surface area contributed by atoms with Crippen LogP contribution in [0.1, 0.15) is 30.9 Å². The Hall–Kier alpha value is -2.11. The predicted molar refractivity (Wildman–Crippen MR) is 101 cm³/mol. The number of rotatable bonds is 10. The number of hydrogen-bond donors (Lipinski definition) is 1. The highest BCUT2D eigenvalue weighted by molar-refractivity contribution is 5.42. The van der Waals surface area contributed by atoms with Gasteiger partial charge in [0.05, 0.1) is 20.3 Å². The summed E-state index contributed by atoms with van der Waals surface area (Å²) in [5, 5.41) is 10.3. The minimum Gasteiger partial charge on any atom is -0.493 e. The third kappa shape index (κ3) is 6.00. The van der Waals surface area contributed by atoms with E-state index in [2.05, 4.69) is 11.8 Å². The molecular weight excluding hydrogens is 333 g/mol. The summed E-state index contributed by atoms with van der Waals surface area (Å²) < 4.78 is 23.8. The molecule has 0 saturated heterocycles. The van der Waals surface area contributed by atoms with Gasteiger partial charge in [0, 0.05) is 19.6 Å². The lowest BCUT2D eigenvalue weighted by Crippen LogP contribution is -2.31. The van der Waals surface area contributed by atoms with Crippen LogP contribution in [-0.4, -0.2) is 36.9 Å². The van der Waals surface area contributed by atoms with E-state index in [1.165, 1.54) is 12.1 Å². The van der Waals surface area contributed by atoms with Crippen molar-refractivity contribution in [3.05, 3.63) is 59.4 Å². The van der Waals surface area contributed by atoms with E-state index >= 15 is 0 Å². The molecular formula is C21H28FNO3. The molecule has 0 radical (unpaired) electrons. The van der Waals surface area contributed by atoms with Gasteiger partial charge in [0.25, 0.3) is 0 Å². The third-order valence-electron chi connectivity index (χ3n) is 4.26. The summed E-state index contributed by atoms with van der Waals surface area (Å²) in [7, 11) is 3.22. The SMILES string of the molecule is CCC[C@H](O)CN(Cc1ccc(F)cc1)Cc1ccc(OC)c(OC)c1. The standard InChI is InChI=1S/C21H28FNO3/c1-4-5-19(24)15-23(13-16-6-9-18(22)10-7-16)14-17-8-11-20(25-2)21(12-17)26-3/h6-12,19,24H,4-5,13-15H2,1-3H3/t19-/m0/s1. The monoisotopic (exact) mass is 361 g/mol. The van der Waals surface area contributed by atoms with Gasteiger partial charge in [-0.2, -0.15) is 0 Å². The van der Waals surface area contributed by atoms with Crippen LogP contribution >= 0.6 is 0 Å². The van der Waals surface area contributed by atoms with Crippen molar-refractivity contribution in [1.29, 1.82) is 0 Å². The van der Waals surface area contributed by atoms with Gasteiger partial charge in [-0.15, -0.1) is 0 Å². The van der Waals surface area contributed by atoms with E-state index in [4.69, 9.17) is 9.47 Å². The van der Waals surface area contributed by atoms with Gasteiger partial charge < -0.3 is 14.6 Å². The van der Waals surface area contributed by atoms with Crippen molar-refractivity contribution in [2.75, 3.05) is 20.8 Å². The summed E-state index contributed by atoms with van der Waals surface area (Å²) >= 11 is 0. The van der Waals surface area contributed by atoms with Crippen molar-refractivity contribution < 1.29 is 19.0 Å². The molecule has 2 aromatic carbocycles. The molecule has 0 fully saturated rings. The smallest absolute Gasteiger partial charge is 0.161 e. The Morgan fingerprint density at radius 2 is 1.58 bits per heavy atom. The van der Waals surface area contributed by atoms with Gasteiger partial charge in [0.1, 0.15) is 5.82 Å². The minimum absolute atomic E-state index is 0.244. The average molecular weight is 361 g/mol. The molecule has 1 N–H and O–H groups in total. The summed E-state index contributed by atoms with van der Waals surface area (Å²) in [5.41, 5.74) is 2.07. The fourth-order valence-corrected chi connectivity index (χ4v) is 2.99. The van der Waals surface area contributed by atoms with Gasteiger partial charge in [0.15, 0.2) is 11.5 Å². The van der Waals surface area contributed by atoms with Gasteiger partial charge in [-0.05, 0) is 41.8 Å². The Kier molecular flexibility index (Phi) is 7.88. The molecule has 2 rings (SSSR count). The van der Waals surface area contributed by atoms with E-state index in [0.29, 0.717) is 31.1 Å². The second kappa shape index (κ2) is 10.1. The van der Waals surface area contributed by atoms with Crippen LogP contribution in [0.2, 0.25) is 0 Å². The Balaban J connectivity index is 2.15. The highest BCUT2D eigenvalue weighted by atomic mass is 19.1. The normalized spacial score (nSPS) is 12.2. The van der Waals surface area contributed by atoms with Crippen LogP contribution in [-0.2, 0) is 13.1 Å². The molecule has 0 aliphatic heterocycles. The molecule has 0 bridgehead atoms. The molecule has 0 unspecified atom stereocenters. The number of ether oxygens (including phenoxy) is 2. The fourth-order valence-electron chi connectivity index (χ4n) is 2.99. The lowest BCUT2D eigenvalue weighted by Gasteiger charge is -2.25. The van der Waals surface area contributed by atoms with Crippen LogP contribution in [0.3, 0.4) is 0 Å². The topological polar surface area (TPSA) is 41.9 Å². The maximum Gasteiger partial charge on any atom is 0.161 e. The number of nitrogens with zero attached hydrogens (tertiary/aromatic N) is 1. The van der Waals surface area contributed by atoms with E-state index in [1.807, 2.05) is 18.2 Å². The van der Waals surface area contributed by atoms with Crippen molar-refractivity contribution in [2.24, 2.45) is 0 Å². The van der Waals surface area contributed by atoms with Crippen molar-refractivity contribution in [2.45, 2.75) is 39.0 Å². The zero-order valence-electron chi connectivity index (χ0n) is 15.7. The second-order valence-electron chi connectivity index (χ2n) is 6.43. The fraction of sp³-hybridized carbons (Fsp3) is 0.429. The Bertz CT molecular complexity index is 675. The van der Waals surface area contributed by atoms with Crippen molar-refractivity contribution in [1.82, 2.24) is 4.90 Å². The Morgan fingerprint density at radius 1 is 0.962 bits per heavy atom. The van der Waals surface area contributed by atoms with E-state index in [0.717, 1.165) is 24.0 Å². The number of methoxy groups -OCH3 is 2. The van der Waals surface area contributed by atoms with Gasteiger partial charge >= 0.3 is 0 Å². The number of halogens is 1. The van der Waals surface area contributed by atoms with Gasteiger partial charge in [-0.3, -0.25) is 4.90 Å². The van der Waals surface area contributed by atoms with Gasteiger partial charge in [-0.1, -0.05) is 31.5 Å². The molecule has 5 heteroatoms. The number of aliphatic hydroxyl groups excluding tert-OH is 1. The summed E-state index contributed by atoms with van der Waals surface area (Å²) in [4.78, 5) is 2.16. The first-order valence-electron chi connectivity index (χ1n) is 8.91. The molecule has 4 nitrogen and oxygen atoms in total. The highest BCUT2D eigenvalue weighted by Gasteiger charge is 2.14. The largest absolute Gasteiger partial charge is 0.493 e. The van der Waals surface area contributed by atoms with Gasteiger partial charge in [0.2, 0.25) is 0 Å². The molecule has 2 aromatic rings. The molecule has 0 aromatic heterocycles. The molecule has 0 aliphatic carbocycles. The zero-order chi connectivity index (χ0) is 18.9. The number of hydrogen-bond acceptors (Lipinski definition) is 4. The second-order valence-corrected chi connectivity index (χ2v) is 6.43. The van der Waals surface area contributed by atoms with Crippen LogP contribution in [0, 0.1) is 5.82 Å². The van der Waals surface area contributed by atoms with Crippen LogP contribution in [0.4, 0.5) is 4.39 Å². The summed E-state index contributed by atoms with van der Waals surface area (Å²) in [6.45, 7) is 3.90. The first kappa shape index (κ1) is 20.2. The van der Waals surface area contributed by atoms with Crippen LogP contribution in [0.25, 0.3) is 0 Å².